The lowest BCUT2D eigenvalue weighted by Crippen LogP contribution is -2.40. The van der Waals surface area contributed by atoms with Crippen LogP contribution < -0.4 is 0 Å². The molecule has 0 amide bonds. The lowest BCUT2D eigenvalue weighted by molar-refractivity contribution is 0.0730. The molecule has 1 heterocycles. The molecule has 1 saturated heterocycles. The summed E-state index contributed by atoms with van der Waals surface area (Å²) in [5, 5.41) is 0. The van der Waals surface area contributed by atoms with E-state index in [2.05, 4.69) is 0 Å². The Morgan fingerprint density at radius 1 is 1.15 bits per heavy atom. The summed E-state index contributed by atoms with van der Waals surface area (Å²) in [5.41, 5.74) is 0.543. The van der Waals surface area contributed by atoms with Gasteiger partial charge in [0.25, 0.3) is 0 Å². The summed E-state index contributed by atoms with van der Waals surface area (Å²) in [7, 11) is -3.48. The van der Waals surface area contributed by atoms with Crippen molar-refractivity contribution in [3.63, 3.8) is 0 Å². The van der Waals surface area contributed by atoms with E-state index in [0.717, 1.165) is 0 Å². The van der Waals surface area contributed by atoms with E-state index in [4.69, 9.17) is 4.74 Å². The Morgan fingerprint density at radius 3 is 2.20 bits per heavy atom. The molecule has 1 aromatic carbocycles. The van der Waals surface area contributed by atoms with Gasteiger partial charge in [0.05, 0.1) is 18.1 Å². The van der Waals surface area contributed by atoms with Crippen LogP contribution in [0.25, 0.3) is 0 Å². The predicted molar refractivity (Wildman–Crippen MR) is 75.2 cm³/mol. The van der Waals surface area contributed by atoms with Crippen LogP contribution in [0.15, 0.2) is 29.2 Å². The normalized spacial score (nSPS) is 17.4. The number of hydrogen-bond acceptors (Lipinski definition) is 4. The van der Waals surface area contributed by atoms with Crippen LogP contribution in [0.5, 0.6) is 0 Å². The maximum Gasteiger partial charge on any atom is 0.243 e. The third-order valence-corrected chi connectivity index (χ3v) is 5.18. The minimum atomic E-state index is -3.48. The van der Waals surface area contributed by atoms with Gasteiger partial charge in [-0.2, -0.15) is 4.31 Å². The molecule has 0 radical (unpaired) electrons. The quantitative estimate of drug-likeness (QED) is 0.791. The minimum Gasteiger partial charge on any atom is -0.379 e. The highest BCUT2D eigenvalue weighted by Gasteiger charge is 2.26. The van der Waals surface area contributed by atoms with Crippen molar-refractivity contribution in [3.05, 3.63) is 29.8 Å². The molecule has 1 aliphatic heterocycles. The molecule has 0 aromatic heterocycles. The maximum absolute atomic E-state index is 12.4. The molecule has 20 heavy (non-hydrogen) atoms. The number of carbonyl (C=O) groups is 1. The van der Waals surface area contributed by atoms with Gasteiger partial charge in [-0.25, -0.2) is 8.42 Å². The summed E-state index contributed by atoms with van der Waals surface area (Å²) in [4.78, 5) is 12.1. The van der Waals surface area contributed by atoms with Crippen molar-refractivity contribution in [1.29, 1.82) is 0 Å². The number of rotatable bonds is 4. The molecule has 0 bridgehead atoms. The first kappa shape index (κ1) is 15.2. The van der Waals surface area contributed by atoms with Crippen LogP contribution in [0.2, 0.25) is 0 Å². The van der Waals surface area contributed by atoms with Gasteiger partial charge >= 0.3 is 0 Å². The van der Waals surface area contributed by atoms with Gasteiger partial charge in [-0.1, -0.05) is 26.0 Å². The maximum atomic E-state index is 12.4. The summed E-state index contributed by atoms with van der Waals surface area (Å²) in [6.45, 7) is 5.22. The van der Waals surface area contributed by atoms with Crippen LogP contribution in [0, 0.1) is 5.92 Å². The summed E-state index contributed by atoms with van der Waals surface area (Å²) in [6, 6.07) is 6.16. The Kier molecular flexibility index (Phi) is 4.57. The molecule has 2 rings (SSSR count). The molecular weight excluding hydrogens is 278 g/mol. The summed E-state index contributed by atoms with van der Waals surface area (Å²) >= 11 is 0. The van der Waals surface area contributed by atoms with Gasteiger partial charge in [-0.3, -0.25) is 4.79 Å². The largest absolute Gasteiger partial charge is 0.379 e. The van der Waals surface area contributed by atoms with Crippen molar-refractivity contribution in [2.45, 2.75) is 18.7 Å². The predicted octanol–water partition coefficient (Wildman–Crippen LogP) is 1.55. The highest BCUT2D eigenvalue weighted by molar-refractivity contribution is 7.89. The van der Waals surface area contributed by atoms with Crippen molar-refractivity contribution >= 4 is 15.8 Å². The average Bonchev–Trinajstić information content (AvgIpc) is 2.47. The van der Waals surface area contributed by atoms with E-state index < -0.39 is 10.0 Å². The second-order valence-electron chi connectivity index (χ2n) is 5.06. The van der Waals surface area contributed by atoms with Gasteiger partial charge in [0.2, 0.25) is 10.0 Å². The van der Waals surface area contributed by atoms with Crippen molar-refractivity contribution in [3.8, 4) is 0 Å². The zero-order valence-corrected chi connectivity index (χ0v) is 12.5. The Hall–Kier alpha value is -1.24. The fraction of sp³-hybridized carbons (Fsp3) is 0.500. The van der Waals surface area contributed by atoms with Gasteiger partial charge in [0.15, 0.2) is 5.78 Å². The van der Waals surface area contributed by atoms with E-state index in [1.165, 1.54) is 16.4 Å². The van der Waals surface area contributed by atoms with E-state index in [1.807, 2.05) is 13.8 Å². The first-order valence-electron chi connectivity index (χ1n) is 6.65. The molecule has 1 aromatic rings. The standard InChI is InChI=1S/C14H19NO4S/c1-11(2)14(16)12-3-5-13(6-4-12)20(17,18)15-7-9-19-10-8-15/h3-6,11H,7-10H2,1-2H3. The Balaban J connectivity index is 2.22. The average molecular weight is 297 g/mol. The fourth-order valence-electron chi connectivity index (χ4n) is 2.06. The van der Waals surface area contributed by atoms with E-state index in [1.54, 1.807) is 12.1 Å². The first-order valence-corrected chi connectivity index (χ1v) is 8.09. The van der Waals surface area contributed by atoms with Crippen LogP contribution in [0.1, 0.15) is 24.2 Å². The first-order chi connectivity index (χ1) is 9.43. The van der Waals surface area contributed by atoms with E-state index in [0.29, 0.717) is 31.9 Å². The molecule has 1 fully saturated rings. The number of Topliss-reactive ketones (excluding diaryl/α,β-unsaturated/α-hetero) is 1. The topological polar surface area (TPSA) is 63.7 Å². The number of ketones is 1. The molecule has 0 spiro atoms. The molecule has 0 aliphatic carbocycles. The van der Waals surface area contributed by atoms with Crippen molar-refractivity contribution in [2.75, 3.05) is 26.3 Å². The molecule has 0 atom stereocenters. The third kappa shape index (κ3) is 3.08. The lowest BCUT2D eigenvalue weighted by Gasteiger charge is -2.26. The Labute approximate surface area is 119 Å². The second-order valence-corrected chi connectivity index (χ2v) is 7.00. The molecule has 110 valence electrons. The summed E-state index contributed by atoms with van der Waals surface area (Å²) < 4.78 is 31.3. The van der Waals surface area contributed by atoms with E-state index >= 15 is 0 Å². The van der Waals surface area contributed by atoms with Crippen LogP contribution >= 0.6 is 0 Å². The highest BCUT2D eigenvalue weighted by atomic mass is 32.2. The minimum absolute atomic E-state index is 0.0142. The van der Waals surface area contributed by atoms with Crippen molar-refractivity contribution < 1.29 is 17.9 Å². The second kappa shape index (κ2) is 6.03. The number of ether oxygens (including phenoxy) is 1. The number of morpholine rings is 1. The summed E-state index contributed by atoms with van der Waals surface area (Å²) in [6.07, 6.45) is 0. The third-order valence-electron chi connectivity index (χ3n) is 3.27. The highest BCUT2D eigenvalue weighted by Crippen LogP contribution is 2.18. The van der Waals surface area contributed by atoms with Gasteiger partial charge in [0, 0.05) is 24.6 Å². The molecule has 0 N–H and O–H groups in total. The molecule has 6 heteroatoms. The number of benzene rings is 1. The molecule has 5 nitrogen and oxygen atoms in total. The van der Waals surface area contributed by atoms with Crippen molar-refractivity contribution in [2.24, 2.45) is 5.92 Å². The van der Waals surface area contributed by atoms with Crippen LogP contribution in [0.4, 0.5) is 0 Å². The van der Waals surface area contributed by atoms with E-state index in [-0.39, 0.29) is 16.6 Å². The van der Waals surface area contributed by atoms with Gasteiger partial charge in [0.1, 0.15) is 0 Å². The Morgan fingerprint density at radius 2 is 1.70 bits per heavy atom. The monoisotopic (exact) mass is 297 g/mol. The number of sulfonamides is 1. The number of nitrogens with zero attached hydrogens (tertiary/aromatic N) is 1. The van der Waals surface area contributed by atoms with E-state index in [9.17, 15) is 13.2 Å². The zero-order chi connectivity index (χ0) is 14.8. The molecule has 0 unspecified atom stereocenters. The summed E-state index contributed by atoms with van der Waals surface area (Å²) in [5.74, 6) is -0.0861. The lowest BCUT2D eigenvalue weighted by atomic mass is 10.0. The van der Waals surface area contributed by atoms with Crippen molar-refractivity contribution in [1.82, 2.24) is 4.31 Å². The number of carbonyl (C=O) groups excluding carboxylic acids is 1. The molecule has 0 saturated carbocycles. The van der Waals surface area contributed by atoms with Gasteiger partial charge < -0.3 is 4.74 Å². The molecule has 1 aliphatic rings. The van der Waals surface area contributed by atoms with Crippen LogP contribution in [-0.2, 0) is 14.8 Å². The smallest absolute Gasteiger partial charge is 0.243 e. The SMILES string of the molecule is CC(C)C(=O)c1ccc(S(=O)(=O)N2CCOCC2)cc1. The fourth-order valence-corrected chi connectivity index (χ4v) is 3.47. The van der Waals surface area contributed by atoms with Gasteiger partial charge in [-0.05, 0) is 12.1 Å². The zero-order valence-electron chi connectivity index (χ0n) is 11.7. The van der Waals surface area contributed by atoms with Crippen LogP contribution in [0.3, 0.4) is 0 Å². The Bertz CT molecular complexity index is 572. The van der Waals surface area contributed by atoms with Gasteiger partial charge in [-0.15, -0.1) is 0 Å². The van der Waals surface area contributed by atoms with Crippen LogP contribution in [-0.4, -0.2) is 44.8 Å². The number of hydrogen-bond donors (Lipinski definition) is 0. The molecular formula is C14H19NO4S.